The van der Waals surface area contributed by atoms with Gasteiger partial charge < -0.3 is 4.74 Å². The van der Waals surface area contributed by atoms with Gasteiger partial charge in [0.15, 0.2) is 11.6 Å². The van der Waals surface area contributed by atoms with E-state index < -0.39 is 11.6 Å². The standard InChI is InChI=1S/C30H33F3O/c1-3-20-5-10-22(11-6-20)26-17-18-27(30(33)29(26)32)23-12-7-21(8-13-23)9-14-24-15-16-25(34-4-2)19-28(24)31/h7-8,12-13,15-20,22H,3-6,9-11,14H2,1-2H3. The van der Waals surface area contributed by atoms with Gasteiger partial charge in [0.25, 0.3) is 0 Å². The highest BCUT2D eigenvalue weighted by Gasteiger charge is 2.26. The molecule has 0 heterocycles. The molecule has 0 N–H and O–H groups in total. The van der Waals surface area contributed by atoms with Crippen molar-refractivity contribution in [2.45, 2.75) is 64.7 Å². The van der Waals surface area contributed by atoms with Crippen molar-refractivity contribution in [3.05, 3.63) is 88.7 Å². The van der Waals surface area contributed by atoms with Gasteiger partial charge in [0.2, 0.25) is 0 Å². The summed E-state index contributed by atoms with van der Waals surface area (Å²) in [5.41, 5.74) is 3.09. The lowest BCUT2D eigenvalue weighted by Crippen LogP contribution is -2.14. The Morgan fingerprint density at radius 1 is 0.794 bits per heavy atom. The SMILES string of the molecule is CCOc1ccc(CCc2ccc(-c3ccc(C4CCC(CC)CC4)c(F)c3F)cc2)c(F)c1. The summed E-state index contributed by atoms with van der Waals surface area (Å²) in [5.74, 6) is -0.387. The Kier molecular flexibility index (Phi) is 7.97. The number of ether oxygens (including phenoxy) is 1. The van der Waals surface area contributed by atoms with E-state index in [1.807, 2.05) is 31.2 Å². The van der Waals surface area contributed by atoms with Gasteiger partial charge in [0.05, 0.1) is 6.61 Å². The molecule has 0 radical (unpaired) electrons. The highest BCUT2D eigenvalue weighted by Crippen LogP contribution is 2.39. The molecule has 1 saturated carbocycles. The quantitative estimate of drug-likeness (QED) is 0.323. The van der Waals surface area contributed by atoms with E-state index in [-0.39, 0.29) is 17.3 Å². The Bertz CT molecular complexity index is 1100. The zero-order valence-corrected chi connectivity index (χ0v) is 20.0. The van der Waals surface area contributed by atoms with Crippen LogP contribution in [0.25, 0.3) is 11.1 Å². The molecule has 1 fully saturated rings. The molecular formula is C30H33F3O. The first-order valence-electron chi connectivity index (χ1n) is 12.5. The van der Waals surface area contributed by atoms with Crippen molar-refractivity contribution in [1.29, 1.82) is 0 Å². The van der Waals surface area contributed by atoms with Crippen LogP contribution in [0.3, 0.4) is 0 Å². The maximum absolute atomic E-state index is 15.0. The first-order chi connectivity index (χ1) is 16.5. The smallest absolute Gasteiger partial charge is 0.166 e. The van der Waals surface area contributed by atoms with Gasteiger partial charge in [0.1, 0.15) is 11.6 Å². The highest BCUT2D eigenvalue weighted by atomic mass is 19.2. The summed E-state index contributed by atoms with van der Waals surface area (Å²) in [6.45, 7) is 4.56. The molecule has 3 aromatic rings. The van der Waals surface area contributed by atoms with E-state index in [4.69, 9.17) is 4.74 Å². The molecule has 0 aromatic heterocycles. The average Bonchev–Trinajstić information content (AvgIpc) is 2.86. The van der Waals surface area contributed by atoms with Gasteiger partial charge in [-0.1, -0.05) is 55.8 Å². The van der Waals surface area contributed by atoms with Gasteiger partial charge in [0, 0.05) is 11.6 Å². The minimum absolute atomic E-state index is 0.108. The van der Waals surface area contributed by atoms with Crippen LogP contribution >= 0.6 is 0 Å². The van der Waals surface area contributed by atoms with Gasteiger partial charge >= 0.3 is 0 Å². The van der Waals surface area contributed by atoms with Crippen LogP contribution in [0.15, 0.2) is 54.6 Å². The Labute approximate surface area is 201 Å². The number of rotatable bonds is 8. The van der Waals surface area contributed by atoms with Crippen molar-refractivity contribution in [3.63, 3.8) is 0 Å². The maximum Gasteiger partial charge on any atom is 0.166 e. The molecule has 4 rings (SSSR count). The third kappa shape index (κ3) is 5.48. The monoisotopic (exact) mass is 466 g/mol. The number of aryl methyl sites for hydroxylation is 2. The molecule has 0 bridgehead atoms. The Balaban J connectivity index is 1.43. The van der Waals surface area contributed by atoms with E-state index in [1.165, 1.54) is 6.07 Å². The van der Waals surface area contributed by atoms with Crippen LogP contribution in [0.4, 0.5) is 13.2 Å². The van der Waals surface area contributed by atoms with E-state index >= 15 is 4.39 Å². The fourth-order valence-electron chi connectivity index (χ4n) is 5.10. The summed E-state index contributed by atoms with van der Waals surface area (Å²) in [7, 11) is 0. The zero-order valence-electron chi connectivity index (χ0n) is 20.0. The van der Waals surface area contributed by atoms with Gasteiger partial charge in [-0.2, -0.15) is 0 Å². The topological polar surface area (TPSA) is 9.23 Å². The number of hydrogen-bond acceptors (Lipinski definition) is 1. The molecule has 0 aliphatic heterocycles. The van der Waals surface area contributed by atoms with Crippen LogP contribution in [-0.4, -0.2) is 6.61 Å². The Morgan fingerprint density at radius 2 is 1.53 bits per heavy atom. The molecule has 34 heavy (non-hydrogen) atoms. The normalized spacial score (nSPS) is 18.1. The van der Waals surface area contributed by atoms with Crippen molar-refractivity contribution in [3.8, 4) is 16.9 Å². The van der Waals surface area contributed by atoms with Crippen LogP contribution in [0.1, 0.15) is 68.6 Å². The second-order valence-corrected chi connectivity index (χ2v) is 9.34. The molecule has 1 nitrogen and oxygen atoms in total. The van der Waals surface area contributed by atoms with E-state index in [9.17, 15) is 8.78 Å². The van der Waals surface area contributed by atoms with Gasteiger partial charge in [-0.05, 0) is 85.6 Å². The summed E-state index contributed by atoms with van der Waals surface area (Å²) >= 11 is 0. The average molecular weight is 467 g/mol. The van der Waals surface area contributed by atoms with Crippen molar-refractivity contribution in [1.82, 2.24) is 0 Å². The van der Waals surface area contributed by atoms with Crippen molar-refractivity contribution in [2.75, 3.05) is 6.61 Å². The molecule has 1 aliphatic rings. The van der Waals surface area contributed by atoms with Crippen LogP contribution < -0.4 is 4.74 Å². The second kappa shape index (κ2) is 11.1. The largest absolute Gasteiger partial charge is 0.494 e. The first kappa shape index (κ1) is 24.4. The molecule has 1 aliphatic carbocycles. The summed E-state index contributed by atoms with van der Waals surface area (Å²) in [6, 6.07) is 15.9. The molecule has 0 atom stereocenters. The minimum Gasteiger partial charge on any atom is -0.494 e. The van der Waals surface area contributed by atoms with Gasteiger partial charge in [-0.25, -0.2) is 13.2 Å². The predicted molar refractivity (Wildman–Crippen MR) is 132 cm³/mol. The summed E-state index contributed by atoms with van der Waals surface area (Å²) in [5, 5.41) is 0. The number of halogens is 3. The summed E-state index contributed by atoms with van der Waals surface area (Å²) in [4.78, 5) is 0. The van der Waals surface area contributed by atoms with E-state index in [0.29, 0.717) is 47.8 Å². The molecule has 4 heteroatoms. The second-order valence-electron chi connectivity index (χ2n) is 9.34. The van der Waals surface area contributed by atoms with E-state index in [2.05, 4.69) is 6.92 Å². The van der Waals surface area contributed by atoms with Crippen LogP contribution in [0, 0.1) is 23.4 Å². The Morgan fingerprint density at radius 3 is 2.18 bits per heavy atom. The lowest BCUT2D eigenvalue weighted by molar-refractivity contribution is 0.312. The minimum atomic E-state index is -0.765. The van der Waals surface area contributed by atoms with Crippen molar-refractivity contribution >= 4 is 0 Å². The summed E-state index contributed by atoms with van der Waals surface area (Å²) < 4.78 is 49.6. The van der Waals surface area contributed by atoms with E-state index in [1.54, 1.807) is 24.3 Å². The molecule has 180 valence electrons. The molecule has 0 saturated heterocycles. The molecule has 0 unspecified atom stereocenters. The van der Waals surface area contributed by atoms with Crippen molar-refractivity contribution in [2.24, 2.45) is 5.92 Å². The first-order valence-corrected chi connectivity index (χ1v) is 12.5. The Hall–Kier alpha value is -2.75. The maximum atomic E-state index is 15.0. The predicted octanol–water partition coefficient (Wildman–Crippen LogP) is 8.64. The molecular weight excluding hydrogens is 433 g/mol. The van der Waals surface area contributed by atoms with Crippen LogP contribution in [-0.2, 0) is 12.8 Å². The lowest BCUT2D eigenvalue weighted by Gasteiger charge is -2.28. The molecule has 0 spiro atoms. The van der Waals surface area contributed by atoms with Gasteiger partial charge in [-0.3, -0.25) is 0 Å². The fourth-order valence-corrected chi connectivity index (χ4v) is 5.10. The van der Waals surface area contributed by atoms with Gasteiger partial charge in [-0.15, -0.1) is 0 Å². The molecule has 0 amide bonds. The lowest BCUT2D eigenvalue weighted by atomic mass is 9.77. The molecule has 3 aromatic carbocycles. The third-order valence-corrected chi connectivity index (χ3v) is 7.26. The number of hydrogen-bond donors (Lipinski definition) is 0. The fraction of sp³-hybridized carbons (Fsp3) is 0.400. The summed E-state index contributed by atoms with van der Waals surface area (Å²) in [6.07, 6.45) is 6.40. The van der Waals surface area contributed by atoms with Crippen molar-refractivity contribution < 1.29 is 17.9 Å². The number of benzene rings is 3. The van der Waals surface area contributed by atoms with Crippen LogP contribution in [0.5, 0.6) is 5.75 Å². The third-order valence-electron chi connectivity index (χ3n) is 7.26. The van der Waals surface area contributed by atoms with Crippen LogP contribution in [0.2, 0.25) is 0 Å². The van der Waals surface area contributed by atoms with E-state index in [0.717, 1.165) is 37.7 Å². The zero-order chi connectivity index (χ0) is 24.1. The highest BCUT2D eigenvalue weighted by molar-refractivity contribution is 5.65.